The molecule has 18 heavy (non-hydrogen) atoms. The predicted octanol–water partition coefficient (Wildman–Crippen LogP) is 4.30. The fourth-order valence-corrected chi connectivity index (χ4v) is 2.34. The number of hydrogen-bond acceptors (Lipinski definition) is 2. The van der Waals surface area contributed by atoms with Gasteiger partial charge in [0, 0.05) is 11.5 Å². The molecule has 4 heteroatoms. The molecule has 0 saturated heterocycles. The Morgan fingerprint density at radius 1 is 1.33 bits per heavy atom. The average molecular weight is 377 g/mol. The third kappa shape index (κ3) is 4.39. The van der Waals surface area contributed by atoms with Crippen LogP contribution in [0.4, 0.5) is 0 Å². The molecule has 0 saturated carbocycles. The number of halogens is 2. The van der Waals surface area contributed by atoms with Crippen LogP contribution in [0.15, 0.2) is 29.3 Å². The SMILES string of the molecule is COc1ccc(C=NCC(Br)(CBr)C(C)C)cc1. The molecule has 100 valence electrons. The second kappa shape index (κ2) is 7.29. The van der Waals surface area contributed by atoms with Crippen LogP contribution in [0.25, 0.3) is 0 Å². The van der Waals surface area contributed by atoms with Crippen molar-refractivity contribution >= 4 is 38.1 Å². The highest BCUT2D eigenvalue weighted by molar-refractivity contribution is 9.12. The van der Waals surface area contributed by atoms with Gasteiger partial charge in [-0.05, 0) is 35.7 Å². The van der Waals surface area contributed by atoms with Gasteiger partial charge in [0.2, 0.25) is 0 Å². The van der Waals surface area contributed by atoms with Crippen LogP contribution in [0, 0.1) is 5.92 Å². The van der Waals surface area contributed by atoms with Gasteiger partial charge in [-0.1, -0.05) is 45.7 Å². The lowest BCUT2D eigenvalue weighted by Crippen LogP contribution is -2.33. The Labute approximate surface area is 126 Å². The lowest BCUT2D eigenvalue weighted by atomic mass is 9.98. The normalized spacial score (nSPS) is 15.0. The van der Waals surface area contributed by atoms with Gasteiger partial charge in [0.25, 0.3) is 0 Å². The number of alkyl halides is 2. The largest absolute Gasteiger partial charge is 0.497 e. The van der Waals surface area contributed by atoms with Gasteiger partial charge in [0.15, 0.2) is 0 Å². The van der Waals surface area contributed by atoms with Gasteiger partial charge in [-0.2, -0.15) is 0 Å². The Hall–Kier alpha value is -0.350. The lowest BCUT2D eigenvalue weighted by Gasteiger charge is -2.27. The van der Waals surface area contributed by atoms with Crippen molar-refractivity contribution in [2.24, 2.45) is 10.9 Å². The summed E-state index contributed by atoms with van der Waals surface area (Å²) in [4.78, 5) is 4.52. The van der Waals surface area contributed by atoms with E-state index in [4.69, 9.17) is 4.74 Å². The molecule has 1 aromatic carbocycles. The molecule has 0 radical (unpaired) electrons. The van der Waals surface area contributed by atoms with Gasteiger partial charge in [-0.3, -0.25) is 4.99 Å². The van der Waals surface area contributed by atoms with Gasteiger partial charge in [-0.25, -0.2) is 0 Å². The van der Waals surface area contributed by atoms with E-state index in [2.05, 4.69) is 50.7 Å². The van der Waals surface area contributed by atoms with Crippen molar-refractivity contribution in [3.63, 3.8) is 0 Å². The molecule has 0 fully saturated rings. The molecule has 0 heterocycles. The van der Waals surface area contributed by atoms with Crippen LogP contribution in [0.2, 0.25) is 0 Å². The summed E-state index contributed by atoms with van der Waals surface area (Å²) in [6, 6.07) is 7.88. The van der Waals surface area contributed by atoms with Crippen LogP contribution in [0.5, 0.6) is 5.75 Å². The minimum atomic E-state index is 0.0238. The molecule has 0 aliphatic rings. The second-order valence-corrected chi connectivity index (χ2v) is 6.71. The van der Waals surface area contributed by atoms with Crippen molar-refractivity contribution in [2.45, 2.75) is 18.2 Å². The van der Waals surface area contributed by atoms with Crippen molar-refractivity contribution in [2.75, 3.05) is 19.0 Å². The molecule has 0 spiro atoms. The molecule has 2 nitrogen and oxygen atoms in total. The summed E-state index contributed by atoms with van der Waals surface area (Å²) < 4.78 is 5.14. The molecule has 1 aromatic rings. The summed E-state index contributed by atoms with van der Waals surface area (Å²) >= 11 is 7.31. The van der Waals surface area contributed by atoms with Gasteiger partial charge in [0.1, 0.15) is 5.75 Å². The van der Waals surface area contributed by atoms with Gasteiger partial charge in [0.05, 0.1) is 18.0 Å². The Kier molecular flexibility index (Phi) is 6.36. The van der Waals surface area contributed by atoms with E-state index in [-0.39, 0.29) is 4.32 Å². The summed E-state index contributed by atoms with van der Waals surface area (Å²) in [6.45, 7) is 5.14. The van der Waals surface area contributed by atoms with Crippen LogP contribution in [-0.2, 0) is 0 Å². The number of benzene rings is 1. The first-order valence-corrected chi connectivity index (χ1v) is 7.82. The Morgan fingerprint density at radius 3 is 2.39 bits per heavy atom. The first-order chi connectivity index (χ1) is 8.51. The maximum Gasteiger partial charge on any atom is 0.118 e. The summed E-state index contributed by atoms with van der Waals surface area (Å²) in [5.74, 6) is 1.38. The topological polar surface area (TPSA) is 21.6 Å². The molecular formula is C14H19Br2NO. The maximum absolute atomic E-state index is 5.12. The van der Waals surface area contributed by atoms with Gasteiger partial charge >= 0.3 is 0 Å². The molecule has 0 aliphatic heterocycles. The van der Waals surface area contributed by atoms with Crippen molar-refractivity contribution in [3.8, 4) is 5.75 Å². The van der Waals surface area contributed by atoms with Crippen molar-refractivity contribution in [1.82, 2.24) is 0 Å². The minimum absolute atomic E-state index is 0.0238. The Balaban J connectivity index is 2.63. The highest BCUT2D eigenvalue weighted by Crippen LogP contribution is 2.30. The number of rotatable bonds is 6. The van der Waals surface area contributed by atoms with Crippen LogP contribution in [-0.4, -0.2) is 29.5 Å². The number of aliphatic imine (C=N–C) groups is 1. The number of ether oxygens (including phenoxy) is 1. The second-order valence-electron chi connectivity index (χ2n) is 4.57. The summed E-state index contributed by atoms with van der Waals surface area (Å²) in [5, 5.41) is 0.887. The molecule has 1 unspecified atom stereocenters. The maximum atomic E-state index is 5.12. The molecular weight excluding hydrogens is 358 g/mol. The Bertz CT molecular complexity index is 389. The first kappa shape index (κ1) is 15.7. The zero-order chi connectivity index (χ0) is 13.6. The van der Waals surface area contributed by atoms with E-state index in [1.165, 1.54) is 0 Å². The Morgan fingerprint density at radius 2 is 1.94 bits per heavy atom. The van der Waals surface area contributed by atoms with Crippen molar-refractivity contribution in [3.05, 3.63) is 29.8 Å². The minimum Gasteiger partial charge on any atom is -0.497 e. The van der Waals surface area contributed by atoms with E-state index in [1.54, 1.807) is 7.11 Å². The quantitative estimate of drug-likeness (QED) is 0.535. The summed E-state index contributed by atoms with van der Waals surface area (Å²) in [7, 11) is 1.67. The monoisotopic (exact) mass is 375 g/mol. The number of nitrogens with zero attached hydrogens (tertiary/aromatic N) is 1. The smallest absolute Gasteiger partial charge is 0.118 e. The third-order valence-electron chi connectivity index (χ3n) is 2.97. The highest BCUT2D eigenvalue weighted by Gasteiger charge is 2.28. The van der Waals surface area contributed by atoms with Crippen LogP contribution < -0.4 is 4.74 Å². The molecule has 0 N–H and O–H groups in total. The molecule has 0 amide bonds. The fourth-order valence-electron chi connectivity index (χ4n) is 1.37. The number of hydrogen-bond donors (Lipinski definition) is 0. The van der Waals surface area contributed by atoms with E-state index < -0.39 is 0 Å². The van der Waals surface area contributed by atoms with E-state index in [0.717, 1.165) is 23.2 Å². The van der Waals surface area contributed by atoms with Crippen LogP contribution in [0.1, 0.15) is 19.4 Å². The van der Waals surface area contributed by atoms with E-state index in [0.29, 0.717) is 5.92 Å². The zero-order valence-corrected chi connectivity index (χ0v) is 14.2. The van der Waals surface area contributed by atoms with Crippen LogP contribution in [0.3, 0.4) is 0 Å². The van der Waals surface area contributed by atoms with Crippen molar-refractivity contribution in [1.29, 1.82) is 0 Å². The molecule has 0 aliphatic carbocycles. The van der Waals surface area contributed by atoms with E-state index >= 15 is 0 Å². The predicted molar refractivity (Wildman–Crippen MR) is 85.7 cm³/mol. The first-order valence-electron chi connectivity index (χ1n) is 5.90. The molecule has 1 atom stereocenters. The zero-order valence-electron chi connectivity index (χ0n) is 11.0. The van der Waals surface area contributed by atoms with Gasteiger partial charge < -0.3 is 4.74 Å². The fraction of sp³-hybridized carbons (Fsp3) is 0.500. The molecule has 1 rings (SSSR count). The number of methoxy groups -OCH3 is 1. The summed E-state index contributed by atoms with van der Waals surface area (Å²) in [5.41, 5.74) is 1.09. The van der Waals surface area contributed by atoms with E-state index in [1.807, 2.05) is 30.5 Å². The third-order valence-corrected chi connectivity index (χ3v) is 6.17. The van der Waals surface area contributed by atoms with E-state index in [9.17, 15) is 0 Å². The van der Waals surface area contributed by atoms with Gasteiger partial charge in [-0.15, -0.1) is 0 Å². The lowest BCUT2D eigenvalue weighted by molar-refractivity contribution is 0.415. The summed E-state index contributed by atoms with van der Waals surface area (Å²) in [6.07, 6.45) is 1.90. The average Bonchev–Trinajstić information content (AvgIpc) is 2.39. The molecule has 0 bridgehead atoms. The van der Waals surface area contributed by atoms with Crippen LogP contribution >= 0.6 is 31.9 Å². The molecule has 0 aromatic heterocycles. The van der Waals surface area contributed by atoms with Crippen molar-refractivity contribution < 1.29 is 4.74 Å². The highest BCUT2D eigenvalue weighted by atomic mass is 79.9. The standard InChI is InChI=1S/C14H19Br2NO/c1-11(2)14(16,9-15)10-17-8-12-4-6-13(18-3)7-5-12/h4-8,11H,9-10H2,1-3H3.